The number of likely N-dealkylation sites (tertiary alicyclic amines) is 1. The van der Waals surface area contributed by atoms with Gasteiger partial charge in [-0.05, 0) is 44.0 Å². The molecule has 4 aromatic rings. The van der Waals surface area contributed by atoms with E-state index in [1.165, 1.54) is 36.4 Å². The van der Waals surface area contributed by atoms with Crippen LogP contribution in [-0.2, 0) is 20.4 Å². The number of hydrogen-bond donors (Lipinski definition) is 4. The molecule has 240 valence electrons. The van der Waals surface area contributed by atoms with Crippen LogP contribution in [-0.4, -0.2) is 79.8 Å². The van der Waals surface area contributed by atoms with Crippen molar-refractivity contribution in [2.45, 2.75) is 31.8 Å². The van der Waals surface area contributed by atoms with Crippen LogP contribution in [0.3, 0.4) is 0 Å². The van der Waals surface area contributed by atoms with E-state index >= 15 is 0 Å². The molecule has 17 heteroatoms. The van der Waals surface area contributed by atoms with Gasteiger partial charge in [0.1, 0.15) is 18.7 Å². The SMILES string of the molecule is COc1cc2c(Nc3cnn(CC(=O)Nc4cccc(F)c4F)c3)ncnc2cc1OCCCN1CCC[C@@H]1COP(=O)(O)O. The number of benzene rings is 2. The summed E-state index contributed by atoms with van der Waals surface area (Å²) in [6.45, 7) is 1.61. The van der Waals surface area contributed by atoms with Gasteiger partial charge in [-0.2, -0.15) is 5.10 Å². The van der Waals surface area contributed by atoms with Crippen molar-refractivity contribution in [3.05, 3.63) is 60.7 Å². The number of rotatable bonds is 14. The minimum absolute atomic E-state index is 0.0202. The standard InChI is InChI=1S/C28H32F2N7O7P/c1-42-24-11-20-23(12-25(24)43-10-4-9-36-8-3-5-19(36)16-44-45(39,40)41)31-17-32-28(20)34-18-13-33-37(14-18)15-26(38)35-22-7-2-6-21(29)27(22)30/h2,6-7,11-14,17,19H,3-5,8-10,15-16H2,1H3,(H,35,38)(H,31,32,34)(H2,39,40,41)/t19-/m1/s1. The lowest BCUT2D eigenvalue weighted by Gasteiger charge is -2.24. The van der Waals surface area contributed by atoms with Crippen molar-refractivity contribution in [2.75, 3.05) is 44.0 Å². The van der Waals surface area contributed by atoms with E-state index < -0.39 is 25.4 Å². The van der Waals surface area contributed by atoms with Crippen molar-refractivity contribution in [3.8, 4) is 11.5 Å². The zero-order valence-electron chi connectivity index (χ0n) is 24.2. The Bertz CT molecular complexity index is 1700. The molecule has 0 spiro atoms. The molecule has 45 heavy (non-hydrogen) atoms. The first-order chi connectivity index (χ1) is 21.6. The Morgan fingerprint density at radius 2 is 2.04 bits per heavy atom. The largest absolute Gasteiger partial charge is 0.493 e. The predicted octanol–water partition coefficient (Wildman–Crippen LogP) is 3.84. The summed E-state index contributed by atoms with van der Waals surface area (Å²) in [5.41, 5.74) is 0.841. The van der Waals surface area contributed by atoms with E-state index in [0.717, 1.165) is 25.5 Å². The lowest BCUT2D eigenvalue weighted by Crippen LogP contribution is -2.34. The number of methoxy groups -OCH3 is 1. The number of phosphoric acid groups is 1. The van der Waals surface area contributed by atoms with E-state index in [4.69, 9.17) is 23.8 Å². The summed E-state index contributed by atoms with van der Waals surface area (Å²) in [5.74, 6) is -1.39. The van der Waals surface area contributed by atoms with Crippen LogP contribution in [0.5, 0.6) is 11.5 Å². The molecule has 14 nitrogen and oxygen atoms in total. The fourth-order valence-corrected chi connectivity index (χ4v) is 5.40. The van der Waals surface area contributed by atoms with E-state index in [-0.39, 0.29) is 24.9 Å². The van der Waals surface area contributed by atoms with Gasteiger partial charge < -0.3 is 29.9 Å². The van der Waals surface area contributed by atoms with Crippen molar-refractivity contribution in [3.63, 3.8) is 0 Å². The summed E-state index contributed by atoms with van der Waals surface area (Å²) in [6.07, 6.45) is 6.85. The normalized spacial score (nSPS) is 15.4. The van der Waals surface area contributed by atoms with Crippen LogP contribution in [0.1, 0.15) is 19.3 Å². The Kier molecular flexibility index (Phi) is 10.2. The number of phosphoric ester groups is 1. The number of aromatic nitrogens is 4. The van der Waals surface area contributed by atoms with Crippen molar-refractivity contribution < 1.29 is 41.9 Å². The third-order valence-electron chi connectivity index (χ3n) is 7.13. The number of hydrogen-bond acceptors (Lipinski definition) is 10. The molecule has 0 aliphatic carbocycles. The number of anilines is 3. The summed E-state index contributed by atoms with van der Waals surface area (Å²) < 4.78 is 56.0. The minimum Gasteiger partial charge on any atom is -0.493 e. The second kappa shape index (κ2) is 14.3. The first-order valence-corrected chi connectivity index (χ1v) is 15.6. The summed E-state index contributed by atoms with van der Waals surface area (Å²) in [5, 5.41) is 10.3. The molecule has 1 aliphatic heterocycles. The van der Waals surface area contributed by atoms with E-state index in [2.05, 4.69) is 30.6 Å². The van der Waals surface area contributed by atoms with Gasteiger partial charge in [0.05, 0.1) is 43.4 Å². The van der Waals surface area contributed by atoms with Gasteiger partial charge in [0.25, 0.3) is 0 Å². The maximum atomic E-state index is 13.9. The van der Waals surface area contributed by atoms with E-state index in [0.29, 0.717) is 53.5 Å². The van der Waals surface area contributed by atoms with Crippen molar-refractivity contribution in [1.29, 1.82) is 0 Å². The smallest absolute Gasteiger partial charge is 0.469 e. The minimum atomic E-state index is -4.51. The number of amides is 1. The highest BCUT2D eigenvalue weighted by molar-refractivity contribution is 7.46. The maximum absolute atomic E-state index is 13.9. The molecule has 0 bridgehead atoms. The Labute approximate surface area is 256 Å². The van der Waals surface area contributed by atoms with E-state index in [1.54, 1.807) is 18.3 Å². The fourth-order valence-electron chi connectivity index (χ4n) is 5.04. The zero-order chi connectivity index (χ0) is 32.0. The van der Waals surface area contributed by atoms with Gasteiger partial charge in [0.15, 0.2) is 23.1 Å². The predicted molar refractivity (Wildman–Crippen MR) is 159 cm³/mol. The number of ether oxygens (including phenoxy) is 2. The second-order valence-electron chi connectivity index (χ2n) is 10.3. The quantitative estimate of drug-likeness (QED) is 0.115. The Morgan fingerprint density at radius 3 is 2.84 bits per heavy atom. The zero-order valence-corrected chi connectivity index (χ0v) is 25.1. The molecule has 2 aromatic carbocycles. The Morgan fingerprint density at radius 1 is 1.20 bits per heavy atom. The summed E-state index contributed by atoms with van der Waals surface area (Å²) in [7, 11) is -2.99. The Hall–Kier alpha value is -4.21. The molecule has 1 saturated heterocycles. The van der Waals surface area contributed by atoms with Crippen LogP contribution >= 0.6 is 7.82 Å². The van der Waals surface area contributed by atoms with Gasteiger partial charge in [-0.15, -0.1) is 0 Å². The van der Waals surface area contributed by atoms with Gasteiger partial charge in [-0.3, -0.25) is 18.9 Å². The molecule has 5 rings (SSSR count). The Balaban J connectivity index is 1.19. The number of nitrogens with zero attached hydrogens (tertiary/aromatic N) is 5. The molecule has 1 fully saturated rings. The van der Waals surface area contributed by atoms with Crippen molar-refractivity contribution in [2.24, 2.45) is 0 Å². The monoisotopic (exact) mass is 647 g/mol. The molecule has 0 unspecified atom stereocenters. The number of carbonyl (C=O) groups excluding carboxylic acids is 1. The van der Waals surface area contributed by atoms with Crippen LogP contribution in [0.15, 0.2) is 49.1 Å². The van der Waals surface area contributed by atoms with E-state index in [9.17, 15) is 18.1 Å². The summed E-state index contributed by atoms with van der Waals surface area (Å²) >= 11 is 0. The molecule has 3 heterocycles. The molecule has 1 amide bonds. The molecule has 2 aromatic heterocycles. The lowest BCUT2D eigenvalue weighted by molar-refractivity contribution is -0.116. The average Bonchev–Trinajstić information content (AvgIpc) is 3.65. The lowest BCUT2D eigenvalue weighted by atomic mass is 10.2. The molecule has 0 radical (unpaired) electrons. The summed E-state index contributed by atoms with van der Waals surface area (Å²) in [6, 6.07) is 6.95. The van der Waals surface area contributed by atoms with Crippen molar-refractivity contribution in [1.82, 2.24) is 24.6 Å². The first kappa shape index (κ1) is 32.2. The highest BCUT2D eigenvalue weighted by atomic mass is 31.2. The first-order valence-electron chi connectivity index (χ1n) is 14.0. The molecule has 4 N–H and O–H groups in total. The van der Waals surface area contributed by atoms with Crippen LogP contribution in [0.4, 0.5) is 26.0 Å². The highest BCUT2D eigenvalue weighted by Crippen LogP contribution is 2.37. The van der Waals surface area contributed by atoms with Gasteiger partial charge in [-0.25, -0.2) is 23.3 Å². The molecule has 0 saturated carbocycles. The second-order valence-corrected chi connectivity index (χ2v) is 11.5. The van der Waals surface area contributed by atoms with Gasteiger partial charge >= 0.3 is 7.82 Å². The van der Waals surface area contributed by atoms with Crippen LogP contribution in [0.2, 0.25) is 0 Å². The molecular weight excluding hydrogens is 615 g/mol. The third kappa shape index (κ3) is 8.49. The topological polar surface area (TPSA) is 173 Å². The van der Waals surface area contributed by atoms with Gasteiger partial charge in [0.2, 0.25) is 5.91 Å². The van der Waals surface area contributed by atoms with Gasteiger partial charge in [0, 0.05) is 30.2 Å². The van der Waals surface area contributed by atoms with Gasteiger partial charge in [-0.1, -0.05) is 6.07 Å². The van der Waals surface area contributed by atoms with E-state index in [1.807, 2.05) is 0 Å². The van der Waals surface area contributed by atoms with Crippen molar-refractivity contribution >= 4 is 41.8 Å². The highest BCUT2D eigenvalue weighted by Gasteiger charge is 2.27. The molecule has 1 aliphatic rings. The number of carbonyl (C=O) groups is 1. The number of halogens is 2. The van der Waals surface area contributed by atoms with Crippen LogP contribution in [0.25, 0.3) is 10.9 Å². The third-order valence-corrected chi connectivity index (χ3v) is 7.61. The maximum Gasteiger partial charge on any atom is 0.469 e. The van der Waals surface area contributed by atoms with Crippen LogP contribution < -0.4 is 20.1 Å². The fraction of sp³-hybridized carbons (Fsp3) is 0.357. The number of nitrogens with one attached hydrogen (secondary N) is 2. The molecule has 1 atom stereocenters. The van der Waals surface area contributed by atoms with Crippen LogP contribution in [0, 0.1) is 11.6 Å². The summed E-state index contributed by atoms with van der Waals surface area (Å²) in [4.78, 5) is 41.2. The average molecular weight is 648 g/mol. The number of fused-ring (bicyclic) bond motifs is 1. The molecular formula is C28H32F2N7O7P.